The Bertz CT molecular complexity index is 954. The zero-order valence-corrected chi connectivity index (χ0v) is 18.1. The van der Waals surface area contributed by atoms with Crippen molar-refractivity contribution in [1.29, 1.82) is 0 Å². The van der Waals surface area contributed by atoms with Gasteiger partial charge in [-0.2, -0.15) is 0 Å². The van der Waals surface area contributed by atoms with Gasteiger partial charge < -0.3 is 20.2 Å². The SMILES string of the molecule is O=C(Nc1cnc(N2CCC(N3CCCCC3)CC2)c(C(=O)O)c1)c1cccc(Cl)c1. The van der Waals surface area contributed by atoms with Gasteiger partial charge in [-0.3, -0.25) is 4.79 Å². The predicted octanol–water partition coefficient (Wildman–Crippen LogP) is 4.14. The van der Waals surface area contributed by atoms with Crippen LogP contribution in [0, 0.1) is 0 Å². The van der Waals surface area contributed by atoms with E-state index in [1.807, 2.05) is 4.90 Å². The first-order valence-corrected chi connectivity index (χ1v) is 11.2. The topological polar surface area (TPSA) is 85.8 Å². The van der Waals surface area contributed by atoms with Crippen molar-refractivity contribution in [3.8, 4) is 0 Å². The zero-order chi connectivity index (χ0) is 21.8. The summed E-state index contributed by atoms with van der Waals surface area (Å²) in [5, 5.41) is 12.9. The van der Waals surface area contributed by atoms with Gasteiger partial charge in [0, 0.05) is 29.7 Å². The number of amides is 1. The summed E-state index contributed by atoms with van der Waals surface area (Å²) in [6, 6.07) is 8.63. The van der Waals surface area contributed by atoms with Gasteiger partial charge >= 0.3 is 5.97 Å². The molecule has 7 nitrogen and oxygen atoms in total. The number of benzene rings is 1. The highest BCUT2D eigenvalue weighted by molar-refractivity contribution is 6.31. The maximum absolute atomic E-state index is 12.5. The Morgan fingerprint density at radius 2 is 1.81 bits per heavy atom. The van der Waals surface area contributed by atoms with E-state index in [2.05, 4.69) is 15.2 Å². The van der Waals surface area contributed by atoms with Gasteiger partial charge in [0.05, 0.1) is 11.9 Å². The van der Waals surface area contributed by atoms with E-state index in [1.54, 1.807) is 24.3 Å². The number of pyridine rings is 1. The lowest BCUT2D eigenvalue weighted by molar-refractivity contribution is 0.0696. The highest BCUT2D eigenvalue weighted by atomic mass is 35.5. The van der Waals surface area contributed by atoms with Crippen LogP contribution in [0.5, 0.6) is 0 Å². The Morgan fingerprint density at radius 3 is 2.48 bits per heavy atom. The number of rotatable bonds is 5. The molecule has 1 aromatic heterocycles. The van der Waals surface area contributed by atoms with Crippen LogP contribution in [-0.4, -0.2) is 59.1 Å². The Hall–Kier alpha value is -2.64. The summed E-state index contributed by atoms with van der Waals surface area (Å²) >= 11 is 5.95. The summed E-state index contributed by atoms with van der Waals surface area (Å²) in [5.74, 6) is -0.958. The molecule has 2 saturated heterocycles. The average molecular weight is 443 g/mol. The molecule has 1 amide bonds. The fraction of sp³-hybridized carbons (Fsp3) is 0.435. The summed E-state index contributed by atoms with van der Waals surface area (Å²) in [6.07, 6.45) is 7.39. The smallest absolute Gasteiger partial charge is 0.339 e. The molecule has 2 aliphatic heterocycles. The van der Waals surface area contributed by atoms with Crippen LogP contribution in [-0.2, 0) is 0 Å². The monoisotopic (exact) mass is 442 g/mol. The standard InChI is InChI=1S/C23H27ClN4O3/c24-17-6-4-5-16(13-17)22(29)26-18-14-20(23(30)31)21(25-15-18)28-11-7-19(8-12-28)27-9-2-1-3-10-27/h4-6,13-15,19H,1-3,7-12H2,(H,26,29)(H,30,31). The number of carboxylic acids is 1. The minimum Gasteiger partial charge on any atom is -0.478 e. The first kappa shape index (κ1) is 21.6. The number of piperidine rings is 2. The number of carboxylic acid groups (broad SMARTS) is 1. The van der Waals surface area contributed by atoms with Crippen LogP contribution in [0.3, 0.4) is 0 Å². The molecule has 31 heavy (non-hydrogen) atoms. The van der Waals surface area contributed by atoms with Gasteiger partial charge in [0.25, 0.3) is 5.91 Å². The Labute approximate surface area is 187 Å². The quantitative estimate of drug-likeness (QED) is 0.723. The van der Waals surface area contributed by atoms with Crippen molar-refractivity contribution in [3.63, 3.8) is 0 Å². The summed E-state index contributed by atoms with van der Waals surface area (Å²) in [7, 11) is 0. The molecule has 2 aliphatic rings. The van der Waals surface area contributed by atoms with Crippen LogP contribution >= 0.6 is 11.6 Å². The number of hydrogen-bond donors (Lipinski definition) is 2. The molecule has 3 heterocycles. The van der Waals surface area contributed by atoms with Gasteiger partial charge in [-0.25, -0.2) is 9.78 Å². The number of nitrogens with zero attached hydrogens (tertiary/aromatic N) is 3. The van der Waals surface area contributed by atoms with Crippen LogP contribution in [0.1, 0.15) is 52.8 Å². The van der Waals surface area contributed by atoms with Gasteiger partial charge in [-0.15, -0.1) is 0 Å². The van der Waals surface area contributed by atoms with E-state index in [1.165, 1.54) is 44.6 Å². The lowest BCUT2D eigenvalue weighted by Crippen LogP contribution is -2.47. The van der Waals surface area contributed by atoms with E-state index in [-0.39, 0.29) is 11.5 Å². The molecule has 0 aliphatic carbocycles. The van der Waals surface area contributed by atoms with Crippen LogP contribution in [0.15, 0.2) is 36.5 Å². The molecule has 0 unspecified atom stereocenters. The highest BCUT2D eigenvalue weighted by Crippen LogP contribution is 2.27. The third kappa shape index (κ3) is 5.17. The molecule has 8 heteroatoms. The van der Waals surface area contributed by atoms with Crippen molar-refractivity contribution in [2.45, 2.75) is 38.1 Å². The number of aromatic carboxylic acids is 1. The number of hydrogen-bond acceptors (Lipinski definition) is 5. The van der Waals surface area contributed by atoms with Crippen molar-refractivity contribution in [2.24, 2.45) is 0 Å². The number of carbonyl (C=O) groups excluding carboxylic acids is 1. The summed E-state index contributed by atoms with van der Waals surface area (Å²) in [5.41, 5.74) is 0.836. The lowest BCUT2D eigenvalue weighted by atomic mass is 9.99. The van der Waals surface area contributed by atoms with Crippen molar-refractivity contribution >= 4 is 35.0 Å². The minimum absolute atomic E-state index is 0.0975. The summed E-state index contributed by atoms with van der Waals surface area (Å²) in [4.78, 5) is 33.4. The third-order valence-electron chi connectivity index (χ3n) is 6.11. The molecule has 0 radical (unpaired) electrons. The predicted molar refractivity (Wildman–Crippen MR) is 121 cm³/mol. The Kier molecular flexibility index (Phi) is 6.73. The van der Waals surface area contributed by atoms with Crippen LogP contribution < -0.4 is 10.2 Å². The third-order valence-corrected chi connectivity index (χ3v) is 6.35. The average Bonchev–Trinajstić information content (AvgIpc) is 2.80. The second-order valence-electron chi connectivity index (χ2n) is 8.18. The van der Waals surface area contributed by atoms with Gasteiger partial charge in [0.2, 0.25) is 0 Å². The van der Waals surface area contributed by atoms with Crippen molar-refractivity contribution < 1.29 is 14.7 Å². The number of anilines is 2. The molecule has 0 saturated carbocycles. The zero-order valence-electron chi connectivity index (χ0n) is 17.4. The normalized spacial score (nSPS) is 18.0. The maximum Gasteiger partial charge on any atom is 0.339 e. The molecule has 1 aromatic carbocycles. The number of halogens is 1. The van der Waals surface area contributed by atoms with Gasteiger partial charge in [0.1, 0.15) is 11.4 Å². The molecule has 2 fully saturated rings. The van der Waals surface area contributed by atoms with Gasteiger partial charge in [0.15, 0.2) is 0 Å². The van der Waals surface area contributed by atoms with Crippen molar-refractivity contribution in [2.75, 3.05) is 36.4 Å². The number of nitrogens with one attached hydrogen (secondary N) is 1. The van der Waals surface area contributed by atoms with Gasteiger partial charge in [-0.1, -0.05) is 24.1 Å². The summed E-state index contributed by atoms with van der Waals surface area (Å²) < 4.78 is 0. The lowest BCUT2D eigenvalue weighted by Gasteiger charge is -2.40. The first-order valence-electron chi connectivity index (χ1n) is 10.8. The van der Waals surface area contributed by atoms with Crippen molar-refractivity contribution in [3.05, 3.63) is 52.7 Å². The first-order chi connectivity index (χ1) is 15.0. The molecular weight excluding hydrogens is 416 g/mol. The van der Waals surface area contributed by atoms with E-state index in [9.17, 15) is 14.7 Å². The maximum atomic E-state index is 12.5. The molecule has 4 rings (SSSR count). The van der Waals surface area contributed by atoms with E-state index < -0.39 is 5.97 Å². The number of likely N-dealkylation sites (tertiary alicyclic amines) is 1. The molecule has 2 N–H and O–H groups in total. The number of carbonyl (C=O) groups is 2. The Balaban J connectivity index is 1.45. The van der Waals surface area contributed by atoms with Crippen LogP contribution in [0.4, 0.5) is 11.5 Å². The van der Waals surface area contributed by atoms with E-state index in [0.29, 0.717) is 28.1 Å². The van der Waals surface area contributed by atoms with Gasteiger partial charge in [-0.05, 0) is 63.0 Å². The molecule has 0 bridgehead atoms. The summed E-state index contributed by atoms with van der Waals surface area (Å²) in [6.45, 7) is 3.90. The van der Waals surface area contributed by atoms with Crippen LogP contribution in [0.25, 0.3) is 0 Å². The Morgan fingerprint density at radius 1 is 1.06 bits per heavy atom. The fourth-order valence-corrected chi connectivity index (χ4v) is 4.68. The second kappa shape index (κ2) is 9.66. The molecule has 0 atom stereocenters. The fourth-order valence-electron chi connectivity index (χ4n) is 4.49. The molecule has 164 valence electrons. The van der Waals surface area contributed by atoms with Crippen LogP contribution in [0.2, 0.25) is 5.02 Å². The molecular formula is C23H27ClN4O3. The molecule has 2 aromatic rings. The highest BCUT2D eigenvalue weighted by Gasteiger charge is 2.28. The van der Waals surface area contributed by atoms with E-state index >= 15 is 0 Å². The van der Waals surface area contributed by atoms with Crippen molar-refractivity contribution in [1.82, 2.24) is 9.88 Å². The largest absolute Gasteiger partial charge is 0.478 e. The minimum atomic E-state index is -1.06. The number of aromatic nitrogens is 1. The van der Waals surface area contributed by atoms with E-state index in [4.69, 9.17) is 11.6 Å². The second-order valence-corrected chi connectivity index (χ2v) is 8.62. The molecule has 0 spiro atoms. The van der Waals surface area contributed by atoms with E-state index in [0.717, 1.165) is 25.9 Å².